The third kappa shape index (κ3) is 1.41. The number of rotatable bonds is 2. The van der Waals surface area contributed by atoms with Crippen molar-refractivity contribution in [2.45, 2.75) is 13.3 Å². The predicted molar refractivity (Wildman–Crippen MR) is 53.4 cm³/mol. The Morgan fingerprint density at radius 2 is 2.29 bits per heavy atom. The van der Waals surface area contributed by atoms with Crippen LogP contribution in [0.5, 0.6) is 0 Å². The summed E-state index contributed by atoms with van der Waals surface area (Å²) in [6, 6.07) is 5.10. The Kier molecular flexibility index (Phi) is 2.31. The zero-order chi connectivity index (χ0) is 9.97. The molecule has 72 valence electrons. The zero-order valence-corrected chi connectivity index (χ0v) is 7.92. The van der Waals surface area contributed by atoms with Crippen molar-refractivity contribution in [1.29, 1.82) is 0 Å². The molecule has 0 radical (unpaired) electrons. The van der Waals surface area contributed by atoms with Crippen molar-refractivity contribution in [2.75, 3.05) is 0 Å². The molecule has 0 spiro atoms. The van der Waals surface area contributed by atoms with Crippen molar-refractivity contribution in [3.05, 3.63) is 42.1 Å². The second-order valence-electron chi connectivity index (χ2n) is 3.08. The maximum atomic E-state index is 13.4. The predicted octanol–water partition coefficient (Wildman–Crippen LogP) is 2.78. The monoisotopic (exact) mass is 190 g/mol. The molecule has 0 saturated carbocycles. The number of imidazole rings is 1. The minimum Gasteiger partial charge on any atom is -0.345 e. The molecule has 0 saturated heterocycles. The molecule has 0 amide bonds. The minimum absolute atomic E-state index is 0.153. The molecule has 1 N–H and O–H groups in total. The van der Waals surface area contributed by atoms with E-state index in [4.69, 9.17) is 0 Å². The highest BCUT2D eigenvalue weighted by atomic mass is 19.1. The molecule has 0 aliphatic heterocycles. The fourth-order valence-electron chi connectivity index (χ4n) is 1.57. The van der Waals surface area contributed by atoms with Crippen LogP contribution < -0.4 is 0 Å². The van der Waals surface area contributed by atoms with Crippen LogP contribution in [0.15, 0.2) is 30.7 Å². The Labute approximate surface area is 81.8 Å². The molecular formula is C11H11FN2. The number of nitrogens with one attached hydrogen (secondary N) is 1. The van der Waals surface area contributed by atoms with Crippen LogP contribution in [0.4, 0.5) is 4.39 Å². The summed E-state index contributed by atoms with van der Waals surface area (Å²) in [5, 5.41) is 0. The van der Waals surface area contributed by atoms with Crippen LogP contribution in [0.3, 0.4) is 0 Å². The normalized spacial score (nSPS) is 10.4. The molecule has 0 aliphatic carbocycles. The van der Waals surface area contributed by atoms with E-state index < -0.39 is 0 Å². The van der Waals surface area contributed by atoms with E-state index in [0.717, 1.165) is 16.8 Å². The molecule has 0 fully saturated rings. The van der Waals surface area contributed by atoms with Gasteiger partial charge in [-0.05, 0) is 18.1 Å². The summed E-state index contributed by atoms with van der Waals surface area (Å²) in [6.45, 7) is 1.94. The van der Waals surface area contributed by atoms with Crippen molar-refractivity contribution >= 4 is 0 Å². The first-order valence-electron chi connectivity index (χ1n) is 4.59. The summed E-state index contributed by atoms with van der Waals surface area (Å²) >= 11 is 0. The molecule has 0 atom stereocenters. The maximum Gasteiger partial charge on any atom is 0.127 e. The molecule has 2 rings (SSSR count). The van der Waals surface area contributed by atoms with Gasteiger partial charge in [0.2, 0.25) is 0 Å². The molecule has 0 aliphatic rings. The Morgan fingerprint density at radius 1 is 1.43 bits per heavy atom. The molecule has 1 aromatic heterocycles. The van der Waals surface area contributed by atoms with Gasteiger partial charge in [0.1, 0.15) is 5.82 Å². The van der Waals surface area contributed by atoms with Crippen LogP contribution in [-0.2, 0) is 6.42 Å². The van der Waals surface area contributed by atoms with Gasteiger partial charge in [-0.25, -0.2) is 9.37 Å². The zero-order valence-electron chi connectivity index (χ0n) is 7.92. The number of aromatic amines is 1. The second kappa shape index (κ2) is 3.62. The smallest absolute Gasteiger partial charge is 0.127 e. The maximum absolute atomic E-state index is 13.4. The van der Waals surface area contributed by atoms with E-state index >= 15 is 0 Å². The molecule has 3 heteroatoms. The van der Waals surface area contributed by atoms with Crippen LogP contribution in [-0.4, -0.2) is 9.97 Å². The van der Waals surface area contributed by atoms with Crippen LogP contribution in [0.25, 0.3) is 11.3 Å². The number of H-pyrrole nitrogens is 1. The first-order chi connectivity index (χ1) is 6.83. The molecule has 0 bridgehead atoms. The van der Waals surface area contributed by atoms with Crippen molar-refractivity contribution in [3.8, 4) is 11.3 Å². The lowest BCUT2D eigenvalue weighted by Gasteiger charge is -2.06. The number of hydrogen-bond donors (Lipinski definition) is 1. The highest BCUT2D eigenvalue weighted by Crippen LogP contribution is 2.23. The molecule has 0 unspecified atom stereocenters. The topological polar surface area (TPSA) is 28.7 Å². The lowest BCUT2D eigenvalue weighted by atomic mass is 10.0. The molecule has 2 aromatic rings. The third-order valence-corrected chi connectivity index (χ3v) is 2.26. The molecule has 1 aromatic carbocycles. The standard InChI is InChI=1S/C11H11FN2/c1-2-8-9(4-3-5-10(8)12)11-6-13-7-14-11/h3-7H,2H2,1H3,(H,13,14). The van der Waals surface area contributed by atoms with Gasteiger partial charge in [0.25, 0.3) is 0 Å². The van der Waals surface area contributed by atoms with E-state index in [9.17, 15) is 4.39 Å². The number of aromatic nitrogens is 2. The fourth-order valence-corrected chi connectivity index (χ4v) is 1.57. The molecule has 2 nitrogen and oxygen atoms in total. The van der Waals surface area contributed by atoms with Gasteiger partial charge in [-0.1, -0.05) is 19.1 Å². The van der Waals surface area contributed by atoms with E-state index in [1.54, 1.807) is 18.6 Å². The Morgan fingerprint density at radius 3 is 2.93 bits per heavy atom. The number of nitrogens with zero attached hydrogens (tertiary/aromatic N) is 1. The van der Waals surface area contributed by atoms with Crippen LogP contribution in [0, 0.1) is 5.82 Å². The summed E-state index contributed by atoms with van der Waals surface area (Å²) < 4.78 is 13.4. The first-order valence-corrected chi connectivity index (χ1v) is 4.59. The molecule has 14 heavy (non-hydrogen) atoms. The largest absolute Gasteiger partial charge is 0.345 e. The van der Waals surface area contributed by atoms with E-state index in [2.05, 4.69) is 9.97 Å². The van der Waals surface area contributed by atoms with E-state index in [1.165, 1.54) is 6.07 Å². The lowest BCUT2D eigenvalue weighted by Crippen LogP contribution is -1.92. The highest BCUT2D eigenvalue weighted by molar-refractivity contribution is 5.63. The fraction of sp³-hybridized carbons (Fsp3) is 0.182. The second-order valence-corrected chi connectivity index (χ2v) is 3.08. The van der Waals surface area contributed by atoms with Crippen molar-refractivity contribution < 1.29 is 4.39 Å². The third-order valence-electron chi connectivity index (χ3n) is 2.26. The Bertz CT molecular complexity index is 421. The van der Waals surface area contributed by atoms with Gasteiger partial charge in [0.15, 0.2) is 0 Å². The summed E-state index contributed by atoms with van der Waals surface area (Å²) in [5.74, 6) is -0.153. The number of benzene rings is 1. The molecule has 1 heterocycles. The average molecular weight is 190 g/mol. The van der Waals surface area contributed by atoms with Gasteiger partial charge in [-0.3, -0.25) is 0 Å². The van der Waals surface area contributed by atoms with Crippen molar-refractivity contribution in [1.82, 2.24) is 9.97 Å². The van der Waals surface area contributed by atoms with Gasteiger partial charge in [0, 0.05) is 5.56 Å². The SMILES string of the molecule is CCc1c(F)cccc1-c1cnc[nH]1. The minimum atomic E-state index is -0.153. The number of hydrogen-bond acceptors (Lipinski definition) is 1. The van der Waals surface area contributed by atoms with Crippen LogP contribution >= 0.6 is 0 Å². The summed E-state index contributed by atoms with van der Waals surface area (Å²) in [4.78, 5) is 6.90. The first kappa shape index (κ1) is 8.94. The number of halogens is 1. The van der Waals surface area contributed by atoms with Gasteiger partial charge in [-0.15, -0.1) is 0 Å². The highest BCUT2D eigenvalue weighted by Gasteiger charge is 2.08. The summed E-state index contributed by atoms with van der Waals surface area (Å²) in [7, 11) is 0. The van der Waals surface area contributed by atoms with Crippen molar-refractivity contribution in [2.24, 2.45) is 0 Å². The Balaban J connectivity index is 2.58. The van der Waals surface area contributed by atoms with Gasteiger partial charge < -0.3 is 4.98 Å². The molecular weight excluding hydrogens is 179 g/mol. The lowest BCUT2D eigenvalue weighted by molar-refractivity contribution is 0.613. The quantitative estimate of drug-likeness (QED) is 0.775. The van der Waals surface area contributed by atoms with Crippen LogP contribution in [0.2, 0.25) is 0 Å². The average Bonchev–Trinajstić information content (AvgIpc) is 2.70. The Hall–Kier alpha value is -1.64. The van der Waals surface area contributed by atoms with Gasteiger partial charge in [0.05, 0.1) is 18.2 Å². The van der Waals surface area contributed by atoms with Crippen LogP contribution in [0.1, 0.15) is 12.5 Å². The van der Waals surface area contributed by atoms with E-state index in [-0.39, 0.29) is 5.82 Å². The van der Waals surface area contributed by atoms with E-state index in [0.29, 0.717) is 6.42 Å². The van der Waals surface area contributed by atoms with Crippen molar-refractivity contribution in [3.63, 3.8) is 0 Å². The van der Waals surface area contributed by atoms with Gasteiger partial charge >= 0.3 is 0 Å². The van der Waals surface area contributed by atoms with E-state index in [1.807, 2.05) is 13.0 Å². The summed E-state index contributed by atoms with van der Waals surface area (Å²) in [5.41, 5.74) is 2.49. The summed E-state index contributed by atoms with van der Waals surface area (Å²) in [6.07, 6.45) is 3.98. The van der Waals surface area contributed by atoms with Gasteiger partial charge in [-0.2, -0.15) is 0 Å².